The fraction of sp³-hybridized carbons (Fsp3) is 0.192. The van der Waals surface area contributed by atoms with Crippen molar-refractivity contribution in [2.75, 3.05) is 6.61 Å². The van der Waals surface area contributed by atoms with Gasteiger partial charge in [-0.25, -0.2) is 4.79 Å². The van der Waals surface area contributed by atoms with Gasteiger partial charge in [-0.3, -0.25) is 18.7 Å². The van der Waals surface area contributed by atoms with E-state index in [1.807, 2.05) is 48.5 Å². The first-order valence-corrected chi connectivity index (χ1v) is 10.6. The van der Waals surface area contributed by atoms with Crippen molar-refractivity contribution < 1.29 is 14.3 Å². The van der Waals surface area contributed by atoms with Crippen LogP contribution >= 0.6 is 0 Å². The average molecular weight is 426 g/mol. The molecule has 1 aliphatic carbocycles. The molecule has 1 heterocycles. The van der Waals surface area contributed by atoms with Crippen molar-refractivity contribution in [3.8, 4) is 11.1 Å². The Morgan fingerprint density at radius 2 is 1.62 bits per heavy atom. The first-order chi connectivity index (χ1) is 15.5. The Bertz CT molecular complexity index is 1430. The Balaban J connectivity index is 1.23. The van der Waals surface area contributed by atoms with Crippen LogP contribution in [0.4, 0.5) is 0 Å². The highest BCUT2D eigenvalue weighted by Gasteiger charge is 2.20. The fourth-order valence-corrected chi connectivity index (χ4v) is 4.38. The Hall–Kier alpha value is -3.93. The summed E-state index contributed by atoms with van der Waals surface area (Å²) in [5.74, 6) is -0.752. The van der Waals surface area contributed by atoms with E-state index in [0.29, 0.717) is 5.56 Å². The lowest BCUT2D eigenvalue weighted by atomic mass is 10.0. The topological polar surface area (TPSA) is 70.3 Å². The lowest BCUT2D eigenvalue weighted by Gasteiger charge is -2.07. The second kappa shape index (κ2) is 7.96. The summed E-state index contributed by atoms with van der Waals surface area (Å²) in [6.45, 7) is -0.119. The molecule has 4 aromatic rings. The van der Waals surface area contributed by atoms with Crippen LogP contribution in [-0.4, -0.2) is 27.5 Å². The number of carbonyl (C=O) groups excluding carboxylic acids is 2. The van der Waals surface area contributed by atoms with Gasteiger partial charge in [-0.1, -0.05) is 48.5 Å². The molecule has 1 aromatic heterocycles. The lowest BCUT2D eigenvalue weighted by Crippen LogP contribution is -2.24. The number of ether oxygens (including phenoxy) is 1. The maximum atomic E-state index is 12.6. The standard InChI is InChI=1S/C26H22N2O4/c1-27-22-8-4-5-9-23(22)28(26(27)31)13-12-25(30)32-16-24(29)19-11-10-18-14-17-6-2-3-7-20(17)21(18)15-19/h2-11,15H,12-14,16H2,1H3. The molecule has 0 spiro atoms. The van der Waals surface area contributed by atoms with Gasteiger partial charge in [0, 0.05) is 19.2 Å². The summed E-state index contributed by atoms with van der Waals surface area (Å²) >= 11 is 0. The van der Waals surface area contributed by atoms with Gasteiger partial charge in [0.15, 0.2) is 12.4 Å². The first-order valence-electron chi connectivity index (χ1n) is 10.6. The molecule has 5 rings (SSSR count). The van der Waals surface area contributed by atoms with Gasteiger partial charge in [-0.05, 0) is 46.9 Å². The Morgan fingerprint density at radius 3 is 2.47 bits per heavy atom. The Kier molecular flexibility index (Phi) is 4.98. The van der Waals surface area contributed by atoms with Gasteiger partial charge < -0.3 is 4.74 Å². The fourth-order valence-electron chi connectivity index (χ4n) is 4.38. The molecule has 0 saturated carbocycles. The van der Waals surface area contributed by atoms with Crippen molar-refractivity contribution in [3.63, 3.8) is 0 Å². The zero-order valence-electron chi connectivity index (χ0n) is 17.7. The number of aromatic nitrogens is 2. The first kappa shape index (κ1) is 20.0. The third-order valence-electron chi connectivity index (χ3n) is 6.08. The number of Topliss-reactive ketones (excluding diaryl/α,β-unsaturated/α-hetero) is 1. The number of para-hydroxylation sites is 2. The number of carbonyl (C=O) groups is 2. The second-order valence-electron chi connectivity index (χ2n) is 8.02. The molecule has 0 N–H and O–H groups in total. The SMILES string of the molecule is Cn1c(=O)n(CCC(=O)OCC(=O)c2ccc3c(c2)-c2ccccc2C3)c2ccccc21. The molecule has 3 aromatic carbocycles. The predicted octanol–water partition coefficient (Wildman–Crippen LogP) is 3.73. The normalized spacial score (nSPS) is 11.9. The summed E-state index contributed by atoms with van der Waals surface area (Å²) in [5, 5.41) is 0. The average Bonchev–Trinajstić information content (AvgIpc) is 3.31. The van der Waals surface area contributed by atoms with E-state index >= 15 is 0 Å². The van der Waals surface area contributed by atoms with E-state index in [0.717, 1.165) is 28.6 Å². The minimum Gasteiger partial charge on any atom is -0.457 e. The number of hydrogen-bond donors (Lipinski definition) is 0. The van der Waals surface area contributed by atoms with E-state index in [1.165, 1.54) is 11.1 Å². The number of esters is 1. The van der Waals surface area contributed by atoms with Crippen molar-refractivity contribution in [1.29, 1.82) is 0 Å². The van der Waals surface area contributed by atoms with Crippen LogP contribution in [0.1, 0.15) is 27.9 Å². The van der Waals surface area contributed by atoms with Crippen LogP contribution in [-0.2, 0) is 29.5 Å². The van der Waals surface area contributed by atoms with Gasteiger partial charge in [0.2, 0.25) is 0 Å². The largest absolute Gasteiger partial charge is 0.457 e. The van der Waals surface area contributed by atoms with Gasteiger partial charge in [-0.15, -0.1) is 0 Å². The molecule has 0 saturated heterocycles. The van der Waals surface area contributed by atoms with Crippen LogP contribution in [0.25, 0.3) is 22.2 Å². The van der Waals surface area contributed by atoms with Gasteiger partial charge in [0.25, 0.3) is 0 Å². The van der Waals surface area contributed by atoms with Crippen molar-refractivity contribution >= 4 is 22.8 Å². The van der Waals surface area contributed by atoms with Crippen LogP contribution in [0, 0.1) is 0 Å². The molecule has 32 heavy (non-hydrogen) atoms. The maximum Gasteiger partial charge on any atom is 0.328 e. The third kappa shape index (κ3) is 3.43. The molecule has 1 aliphatic rings. The van der Waals surface area contributed by atoms with Crippen molar-refractivity contribution in [3.05, 3.63) is 93.9 Å². The highest BCUT2D eigenvalue weighted by atomic mass is 16.5. The summed E-state index contributed by atoms with van der Waals surface area (Å²) < 4.78 is 8.32. The number of nitrogens with zero attached hydrogens (tertiary/aromatic N) is 2. The van der Waals surface area contributed by atoms with Gasteiger partial charge in [0.05, 0.1) is 17.5 Å². The van der Waals surface area contributed by atoms with Gasteiger partial charge in [0.1, 0.15) is 0 Å². The molecule has 0 bridgehead atoms. The highest BCUT2D eigenvalue weighted by Crippen LogP contribution is 2.36. The number of ketones is 1. The number of aryl methyl sites for hydroxylation is 2. The summed E-state index contributed by atoms with van der Waals surface area (Å²) in [6, 6.07) is 21.2. The van der Waals surface area contributed by atoms with E-state index in [-0.39, 0.29) is 31.0 Å². The predicted molar refractivity (Wildman–Crippen MR) is 122 cm³/mol. The van der Waals surface area contributed by atoms with Crippen LogP contribution < -0.4 is 5.69 Å². The number of benzene rings is 3. The molecule has 0 fully saturated rings. The van der Waals surface area contributed by atoms with Gasteiger partial charge in [-0.2, -0.15) is 0 Å². The molecule has 0 amide bonds. The summed E-state index contributed by atoms with van der Waals surface area (Å²) in [5.41, 5.74) is 6.57. The Morgan fingerprint density at radius 1 is 0.906 bits per heavy atom. The summed E-state index contributed by atoms with van der Waals surface area (Å²) in [4.78, 5) is 37.3. The molecule has 0 aliphatic heterocycles. The van der Waals surface area contributed by atoms with Crippen molar-refractivity contribution in [2.45, 2.75) is 19.4 Å². The van der Waals surface area contributed by atoms with Crippen molar-refractivity contribution in [2.24, 2.45) is 7.05 Å². The van der Waals surface area contributed by atoms with E-state index in [4.69, 9.17) is 4.74 Å². The second-order valence-corrected chi connectivity index (χ2v) is 8.02. The molecule has 0 atom stereocenters. The van der Waals surface area contributed by atoms with Crippen molar-refractivity contribution in [1.82, 2.24) is 9.13 Å². The lowest BCUT2D eigenvalue weighted by molar-refractivity contribution is -0.142. The molecule has 0 radical (unpaired) electrons. The molecular weight excluding hydrogens is 404 g/mol. The zero-order chi connectivity index (χ0) is 22.2. The minimum atomic E-state index is -0.510. The van der Waals surface area contributed by atoms with E-state index in [1.54, 1.807) is 22.2 Å². The van der Waals surface area contributed by atoms with E-state index in [2.05, 4.69) is 12.1 Å². The zero-order valence-corrected chi connectivity index (χ0v) is 17.7. The number of rotatable bonds is 6. The molecule has 6 heteroatoms. The van der Waals surface area contributed by atoms with Crippen LogP contribution in [0.2, 0.25) is 0 Å². The third-order valence-corrected chi connectivity index (χ3v) is 6.08. The van der Waals surface area contributed by atoms with Crippen LogP contribution in [0.5, 0.6) is 0 Å². The Labute approximate surface area is 184 Å². The van der Waals surface area contributed by atoms with E-state index < -0.39 is 5.97 Å². The monoisotopic (exact) mass is 426 g/mol. The quantitative estimate of drug-likeness (QED) is 0.306. The maximum absolute atomic E-state index is 12.6. The summed E-state index contributed by atoms with van der Waals surface area (Å²) in [7, 11) is 1.70. The smallest absolute Gasteiger partial charge is 0.328 e. The molecule has 0 unspecified atom stereocenters. The molecular formula is C26H22N2O4. The minimum absolute atomic E-state index is 0.0127. The highest BCUT2D eigenvalue weighted by molar-refractivity contribution is 5.99. The summed E-state index contributed by atoms with van der Waals surface area (Å²) in [6.07, 6.45) is 0.876. The van der Waals surface area contributed by atoms with Gasteiger partial charge >= 0.3 is 11.7 Å². The molecule has 6 nitrogen and oxygen atoms in total. The number of imidazole rings is 1. The van der Waals surface area contributed by atoms with E-state index in [9.17, 15) is 14.4 Å². The number of hydrogen-bond acceptors (Lipinski definition) is 4. The number of fused-ring (bicyclic) bond motifs is 4. The van der Waals surface area contributed by atoms with Crippen LogP contribution in [0.15, 0.2) is 71.5 Å². The molecule has 160 valence electrons. The van der Waals surface area contributed by atoms with Crippen LogP contribution in [0.3, 0.4) is 0 Å².